The summed E-state index contributed by atoms with van der Waals surface area (Å²) >= 11 is 0. The molecule has 1 aromatic rings. The average molecular weight is 216 g/mol. The Hall–Kier alpha value is -1.57. The standard InChI is InChI=1S/C14H16O2/c1-8-5-6-13(16-11(4)15)14-10(3)9(2)7-12(8)14/h5-6H,7H2,1-4H3. The third kappa shape index (κ3) is 1.64. The van der Waals surface area contributed by atoms with E-state index >= 15 is 0 Å². The molecule has 84 valence electrons. The van der Waals surface area contributed by atoms with Crippen LogP contribution in [0.15, 0.2) is 17.7 Å². The molecule has 0 radical (unpaired) electrons. The molecule has 0 atom stereocenters. The molecule has 0 N–H and O–H groups in total. The summed E-state index contributed by atoms with van der Waals surface area (Å²) in [5, 5.41) is 0. The van der Waals surface area contributed by atoms with Gasteiger partial charge in [-0.15, -0.1) is 0 Å². The second-order valence-corrected chi connectivity index (χ2v) is 4.41. The first kappa shape index (κ1) is 10.9. The van der Waals surface area contributed by atoms with E-state index in [1.807, 2.05) is 12.1 Å². The first-order valence-electron chi connectivity index (χ1n) is 5.48. The maximum absolute atomic E-state index is 11.0. The van der Waals surface area contributed by atoms with Gasteiger partial charge in [0.2, 0.25) is 0 Å². The SMILES string of the molecule is CC(=O)Oc1ccc(C)c2c1C(C)=C(C)C2. The zero-order valence-electron chi connectivity index (χ0n) is 10.2. The topological polar surface area (TPSA) is 26.3 Å². The van der Waals surface area contributed by atoms with Crippen LogP contribution in [0.25, 0.3) is 5.57 Å². The fourth-order valence-electron chi connectivity index (χ4n) is 2.22. The molecule has 0 spiro atoms. The Morgan fingerprint density at radius 1 is 1.25 bits per heavy atom. The smallest absolute Gasteiger partial charge is 0.308 e. The van der Waals surface area contributed by atoms with Crippen LogP contribution in [-0.4, -0.2) is 5.97 Å². The van der Waals surface area contributed by atoms with Gasteiger partial charge >= 0.3 is 5.97 Å². The molecule has 0 aromatic heterocycles. The Kier molecular flexibility index (Phi) is 2.58. The number of aryl methyl sites for hydroxylation is 1. The molecule has 2 nitrogen and oxygen atoms in total. The van der Waals surface area contributed by atoms with E-state index in [9.17, 15) is 4.79 Å². The minimum absolute atomic E-state index is 0.261. The maximum atomic E-state index is 11.0. The highest BCUT2D eigenvalue weighted by molar-refractivity contribution is 5.82. The molecule has 2 heteroatoms. The van der Waals surface area contributed by atoms with Crippen molar-refractivity contribution in [2.45, 2.75) is 34.1 Å². The molecule has 1 aromatic carbocycles. The lowest BCUT2D eigenvalue weighted by molar-refractivity contribution is -0.131. The Labute approximate surface area is 95.9 Å². The maximum Gasteiger partial charge on any atom is 0.308 e. The van der Waals surface area contributed by atoms with Crippen molar-refractivity contribution < 1.29 is 9.53 Å². The van der Waals surface area contributed by atoms with Crippen molar-refractivity contribution in [3.63, 3.8) is 0 Å². The number of allylic oxidation sites excluding steroid dienone is 2. The average Bonchev–Trinajstić information content (AvgIpc) is 2.49. The van der Waals surface area contributed by atoms with Gasteiger partial charge in [-0.25, -0.2) is 0 Å². The summed E-state index contributed by atoms with van der Waals surface area (Å²) in [5.74, 6) is 0.436. The summed E-state index contributed by atoms with van der Waals surface area (Å²) in [6.07, 6.45) is 0.974. The van der Waals surface area contributed by atoms with Crippen LogP contribution in [0.3, 0.4) is 0 Å². The van der Waals surface area contributed by atoms with Gasteiger partial charge in [-0.05, 0) is 50.0 Å². The molecule has 0 bridgehead atoms. The van der Waals surface area contributed by atoms with Gasteiger partial charge in [-0.1, -0.05) is 11.6 Å². The number of rotatable bonds is 1. The Morgan fingerprint density at radius 2 is 1.94 bits per heavy atom. The van der Waals surface area contributed by atoms with Crippen LogP contribution in [0.2, 0.25) is 0 Å². The van der Waals surface area contributed by atoms with Gasteiger partial charge in [0, 0.05) is 12.5 Å². The van der Waals surface area contributed by atoms with Crippen LogP contribution in [-0.2, 0) is 11.2 Å². The van der Waals surface area contributed by atoms with Crippen LogP contribution < -0.4 is 4.74 Å². The van der Waals surface area contributed by atoms with Crippen molar-refractivity contribution in [3.8, 4) is 5.75 Å². The number of hydrogen-bond acceptors (Lipinski definition) is 2. The second kappa shape index (κ2) is 3.78. The summed E-state index contributed by atoms with van der Waals surface area (Å²) in [7, 11) is 0. The van der Waals surface area contributed by atoms with Crippen LogP contribution in [0, 0.1) is 6.92 Å². The molecule has 0 heterocycles. The highest BCUT2D eigenvalue weighted by atomic mass is 16.5. The fraction of sp³-hybridized carbons (Fsp3) is 0.357. The molecule has 0 fully saturated rings. The monoisotopic (exact) mass is 216 g/mol. The van der Waals surface area contributed by atoms with Crippen molar-refractivity contribution in [3.05, 3.63) is 34.4 Å². The van der Waals surface area contributed by atoms with Gasteiger partial charge in [0.15, 0.2) is 0 Å². The van der Waals surface area contributed by atoms with Crippen molar-refractivity contribution in [1.29, 1.82) is 0 Å². The Balaban J connectivity index is 2.58. The third-order valence-corrected chi connectivity index (χ3v) is 3.22. The summed E-state index contributed by atoms with van der Waals surface area (Å²) < 4.78 is 5.26. The molecule has 0 unspecified atom stereocenters. The van der Waals surface area contributed by atoms with Crippen molar-refractivity contribution in [1.82, 2.24) is 0 Å². The first-order chi connectivity index (χ1) is 7.50. The predicted octanol–water partition coefficient (Wildman–Crippen LogP) is 3.27. The molecular weight excluding hydrogens is 200 g/mol. The van der Waals surface area contributed by atoms with Gasteiger partial charge in [-0.2, -0.15) is 0 Å². The number of carbonyl (C=O) groups excluding carboxylic acids is 1. The van der Waals surface area contributed by atoms with E-state index in [1.54, 1.807) is 0 Å². The van der Waals surface area contributed by atoms with E-state index in [-0.39, 0.29) is 5.97 Å². The van der Waals surface area contributed by atoms with Gasteiger partial charge in [0.05, 0.1) is 0 Å². The van der Waals surface area contributed by atoms with E-state index in [0.717, 1.165) is 12.0 Å². The normalized spacial score (nSPS) is 14.0. The highest BCUT2D eigenvalue weighted by Crippen LogP contribution is 2.40. The number of hydrogen-bond donors (Lipinski definition) is 0. The number of carbonyl (C=O) groups is 1. The number of esters is 1. The second-order valence-electron chi connectivity index (χ2n) is 4.41. The van der Waals surface area contributed by atoms with Crippen LogP contribution in [0.1, 0.15) is 37.5 Å². The molecule has 1 aliphatic carbocycles. The van der Waals surface area contributed by atoms with Crippen molar-refractivity contribution in [2.24, 2.45) is 0 Å². The molecule has 1 aliphatic rings. The molecule has 16 heavy (non-hydrogen) atoms. The van der Waals surface area contributed by atoms with Crippen LogP contribution >= 0.6 is 0 Å². The summed E-state index contributed by atoms with van der Waals surface area (Å²) in [5.41, 5.74) is 6.29. The predicted molar refractivity (Wildman–Crippen MR) is 64.5 cm³/mol. The zero-order valence-corrected chi connectivity index (χ0v) is 10.2. The third-order valence-electron chi connectivity index (χ3n) is 3.22. The minimum Gasteiger partial charge on any atom is -0.426 e. The number of fused-ring (bicyclic) bond motifs is 1. The van der Waals surface area contributed by atoms with Crippen LogP contribution in [0.5, 0.6) is 5.75 Å². The lowest BCUT2D eigenvalue weighted by Gasteiger charge is -2.11. The molecule has 2 rings (SSSR count). The van der Waals surface area contributed by atoms with Gasteiger partial charge < -0.3 is 4.74 Å². The molecule has 0 saturated heterocycles. The van der Waals surface area contributed by atoms with E-state index < -0.39 is 0 Å². The minimum atomic E-state index is -0.261. The Morgan fingerprint density at radius 3 is 2.56 bits per heavy atom. The van der Waals surface area contributed by atoms with Crippen LogP contribution in [0.4, 0.5) is 0 Å². The van der Waals surface area contributed by atoms with Gasteiger partial charge in [-0.3, -0.25) is 4.79 Å². The largest absolute Gasteiger partial charge is 0.426 e. The number of ether oxygens (including phenoxy) is 1. The summed E-state index contributed by atoms with van der Waals surface area (Å²) in [6, 6.07) is 3.90. The summed E-state index contributed by atoms with van der Waals surface area (Å²) in [6.45, 7) is 7.76. The highest BCUT2D eigenvalue weighted by Gasteiger charge is 2.22. The lowest BCUT2D eigenvalue weighted by Crippen LogP contribution is -2.04. The molecule has 0 amide bonds. The fourth-order valence-corrected chi connectivity index (χ4v) is 2.22. The molecular formula is C14H16O2. The molecule has 0 saturated carbocycles. The van der Waals surface area contributed by atoms with E-state index in [2.05, 4.69) is 20.8 Å². The quantitative estimate of drug-likeness (QED) is 0.532. The van der Waals surface area contributed by atoms with E-state index in [4.69, 9.17) is 4.74 Å². The first-order valence-corrected chi connectivity index (χ1v) is 5.48. The molecule has 0 aliphatic heterocycles. The van der Waals surface area contributed by atoms with Crippen molar-refractivity contribution in [2.75, 3.05) is 0 Å². The lowest BCUT2D eigenvalue weighted by atomic mass is 10.0. The van der Waals surface area contributed by atoms with Gasteiger partial charge in [0.1, 0.15) is 5.75 Å². The van der Waals surface area contributed by atoms with E-state index in [0.29, 0.717) is 5.75 Å². The number of benzene rings is 1. The Bertz CT molecular complexity index is 496. The summed E-state index contributed by atoms with van der Waals surface area (Å²) in [4.78, 5) is 11.0. The zero-order chi connectivity index (χ0) is 11.9. The van der Waals surface area contributed by atoms with E-state index in [1.165, 1.54) is 29.2 Å². The van der Waals surface area contributed by atoms with Gasteiger partial charge in [0.25, 0.3) is 0 Å². The van der Waals surface area contributed by atoms with Crippen molar-refractivity contribution >= 4 is 11.5 Å².